The molecule has 0 amide bonds. The van der Waals surface area contributed by atoms with E-state index in [2.05, 4.69) is 0 Å². The normalized spacial score (nSPS) is 16.2. The summed E-state index contributed by atoms with van der Waals surface area (Å²) in [7, 11) is -7.61. The zero-order valence-corrected chi connectivity index (χ0v) is 19.0. The van der Waals surface area contributed by atoms with Crippen molar-refractivity contribution in [1.82, 2.24) is 8.61 Å². The van der Waals surface area contributed by atoms with Gasteiger partial charge in [0.15, 0.2) is 0 Å². The summed E-state index contributed by atoms with van der Waals surface area (Å²) in [5, 5.41) is 0. The highest BCUT2D eigenvalue weighted by molar-refractivity contribution is 7.89. The van der Waals surface area contributed by atoms with Crippen LogP contribution in [0.2, 0.25) is 0 Å². The van der Waals surface area contributed by atoms with E-state index in [1.807, 2.05) is 0 Å². The lowest BCUT2D eigenvalue weighted by Gasteiger charge is -2.29. The maximum atomic E-state index is 14.3. The quantitative estimate of drug-likeness (QED) is 0.578. The zero-order chi connectivity index (χ0) is 22.1. The Balaban J connectivity index is 1.96. The summed E-state index contributed by atoms with van der Waals surface area (Å²) < 4.78 is 69.1. The largest absolute Gasteiger partial charge is 0.243 e. The van der Waals surface area contributed by atoms with Crippen molar-refractivity contribution in [1.29, 1.82) is 0 Å². The lowest BCUT2D eigenvalue weighted by atomic mass is 10.1. The molecule has 1 fully saturated rings. The van der Waals surface area contributed by atoms with Crippen LogP contribution in [0.1, 0.15) is 45.2 Å². The Kier molecular flexibility index (Phi) is 6.66. The topological polar surface area (TPSA) is 74.8 Å². The van der Waals surface area contributed by atoms with Gasteiger partial charge in [0.05, 0.1) is 15.8 Å². The smallest absolute Gasteiger partial charge is 0.207 e. The molecule has 1 aliphatic carbocycles. The lowest BCUT2D eigenvalue weighted by Crippen LogP contribution is -2.36. The van der Waals surface area contributed by atoms with Gasteiger partial charge >= 0.3 is 0 Å². The van der Waals surface area contributed by atoms with Gasteiger partial charge in [-0.15, -0.1) is 0 Å². The summed E-state index contributed by atoms with van der Waals surface area (Å²) in [5.41, 5.74) is 0.314. The van der Waals surface area contributed by atoms with Gasteiger partial charge in [0.25, 0.3) is 0 Å². The number of halogens is 1. The summed E-state index contributed by atoms with van der Waals surface area (Å²) in [5.74, 6) is -0.452. The standard InChI is InChI=1S/C21H27FN2O4S2/c1-4-23(5-2)29(25,26)18-12-14-19(15-13-18)30(27,28)24(17-10-11-17)16(3)20-8-6-7-9-21(20)22/h6-9,12-17H,4-5,10-11H2,1-3H3/t16-/m1/s1. The molecule has 164 valence electrons. The first-order valence-corrected chi connectivity index (χ1v) is 12.9. The number of nitrogens with zero attached hydrogens (tertiary/aromatic N) is 2. The Hall–Kier alpha value is -1.81. The highest BCUT2D eigenvalue weighted by atomic mass is 32.2. The van der Waals surface area contributed by atoms with Crippen molar-refractivity contribution in [2.45, 2.75) is 55.5 Å². The molecule has 0 aliphatic heterocycles. The lowest BCUT2D eigenvalue weighted by molar-refractivity contribution is 0.327. The molecule has 9 heteroatoms. The van der Waals surface area contributed by atoms with Crippen molar-refractivity contribution in [3.05, 3.63) is 59.9 Å². The van der Waals surface area contributed by atoms with Crippen molar-refractivity contribution in [2.75, 3.05) is 13.1 Å². The molecule has 0 aromatic heterocycles. The predicted octanol–water partition coefficient (Wildman–Crippen LogP) is 3.77. The SMILES string of the molecule is CCN(CC)S(=O)(=O)c1ccc(S(=O)(=O)N(C2CC2)[C@H](C)c2ccccc2F)cc1. The first-order valence-electron chi connectivity index (χ1n) is 10.0. The molecule has 1 atom stereocenters. The third-order valence-corrected chi connectivity index (χ3v) is 9.49. The van der Waals surface area contributed by atoms with Crippen molar-refractivity contribution in [3.63, 3.8) is 0 Å². The van der Waals surface area contributed by atoms with Crippen LogP contribution in [-0.4, -0.2) is 44.6 Å². The first kappa shape index (κ1) is 22.9. The van der Waals surface area contributed by atoms with Gasteiger partial charge in [0.2, 0.25) is 20.0 Å². The second-order valence-corrected chi connectivity index (χ2v) is 11.1. The van der Waals surface area contributed by atoms with Gasteiger partial charge in [-0.05, 0) is 50.1 Å². The molecule has 1 saturated carbocycles. The molecule has 6 nitrogen and oxygen atoms in total. The van der Waals surface area contributed by atoms with E-state index in [-0.39, 0.29) is 15.8 Å². The van der Waals surface area contributed by atoms with E-state index in [0.29, 0.717) is 31.5 Å². The van der Waals surface area contributed by atoms with Gasteiger partial charge in [0.1, 0.15) is 5.82 Å². The molecule has 30 heavy (non-hydrogen) atoms. The van der Waals surface area contributed by atoms with Crippen molar-refractivity contribution in [2.24, 2.45) is 0 Å². The van der Waals surface area contributed by atoms with E-state index in [9.17, 15) is 21.2 Å². The minimum Gasteiger partial charge on any atom is -0.207 e. The Bertz CT molecular complexity index is 1090. The van der Waals surface area contributed by atoms with Gasteiger partial charge in [-0.25, -0.2) is 21.2 Å². The Morgan fingerprint density at radius 3 is 1.87 bits per heavy atom. The monoisotopic (exact) mass is 454 g/mol. The van der Waals surface area contributed by atoms with Crippen LogP contribution in [0.5, 0.6) is 0 Å². The summed E-state index contributed by atoms with van der Waals surface area (Å²) in [6, 6.07) is 10.5. The van der Waals surface area contributed by atoms with Crippen molar-refractivity contribution < 1.29 is 21.2 Å². The fraction of sp³-hybridized carbons (Fsp3) is 0.429. The molecule has 0 radical (unpaired) electrons. The molecular formula is C21H27FN2O4S2. The summed E-state index contributed by atoms with van der Waals surface area (Å²) >= 11 is 0. The molecule has 2 aromatic rings. The van der Waals surface area contributed by atoms with Gasteiger partial charge in [0, 0.05) is 24.7 Å². The molecule has 0 spiro atoms. The van der Waals surface area contributed by atoms with E-state index in [1.165, 1.54) is 38.9 Å². The first-order chi connectivity index (χ1) is 14.1. The molecular weight excluding hydrogens is 427 g/mol. The maximum absolute atomic E-state index is 14.3. The van der Waals surface area contributed by atoms with Crippen LogP contribution < -0.4 is 0 Å². The Morgan fingerprint density at radius 2 is 1.40 bits per heavy atom. The Labute approximate surface area is 178 Å². The highest BCUT2D eigenvalue weighted by Crippen LogP contribution is 2.39. The fourth-order valence-corrected chi connectivity index (χ4v) is 6.93. The maximum Gasteiger partial charge on any atom is 0.243 e. The molecule has 3 rings (SSSR count). The number of hydrogen-bond donors (Lipinski definition) is 0. The van der Waals surface area contributed by atoms with E-state index in [4.69, 9.17) is 0 Å². The molecule has 0 bridgehead atoms. The number of benzene rings is 2. The van der Waals surface area contributed by atoms with Crippen LogP contribution in [0.3, 0.4) is 0 Å². The van der Waals surface area contributed by atoms with E-state index in [1.54, 1.807) is 39.0 Å². The van der Waals surface area contributed by atoms with Crippen LogP contribution in [0.15, 0.2) is 58.3 Å². The third kappa shape index (κ3) is 4.30. The van der Waals surface area contributed by atoms with Crippen LogP contribution >= 0.6 is 0 Å². The van der Waals surface area contributed by atoms with Crippen molar-refractivity contribution >= 4 is 20.0 Å². The summed E-state index contributed by atoms with van der Waals surface area (Å²) in [6.45, 7) is 5.82. The molecule has 0 heterocycles. The minimum atomic E-state index is -3.94. The molecule has 0 unspecified atom stereocenters. The molecule has 0 N–H and O–H groups in total. The molecule has 1 aliphatic rings. The third-order valence-electron chi connectivity index (χ3n) is 5.39. The van der Waals surface area contributed by atoms with E-state index >= 15 is 0 Å². The van der Waals surface area contributed by atoms with Crippen molar-refractivity contribution in [3.8, 4) is 0 Å². The average molecular weight is 455 g/mol. The second kappa shape index (κ2) is 8.74. The van der Waals surface area contributed by atoms with Crippen LogP contribution in [0.25, 0.3) is 0 Å². The van der Waals surface area contributed by atoms with E-state index in [0.717, 1.165) is 0 Å². The molecule has 0 saturated heterocycles. The van der Waals surface area contributed by atoms with Crippen LogP contribution in [-0.2, 0) is 20.0 Å². The molecule has 2 aromatic carbocycles. The van der Waals surface area contributed by atoms with Crippen LogP contribution in [0, 0.1) is 5.82 Å². The van der Waals surface area contributed by atoms with Gasteiger partial charge < -0.3 is 0 Å². The average Bonchev–Trinajstić information content (AvgIpc) is 3.54. The Morgan fingerprint density at radius 1 is 0.900 bits per heavy atom. The number of sulfonamides is 2. The van der Waals surface area contributed by atoms with Crippen LogP contribution in [0.4, 0.5) is 4.39 Å². The van der Waals surface area contributed by atoms with Gasteiger partial charge in [-0.2, -0.15) is 8.61 Å². The van der Waals surface area contributed by atoms with E-state index < -0.39 is 31.9 Å². The predicted molar refractivity (Wildman–Crippen MR) is 113 cm³/mol. The summed E-state index contributed by atoms with van der Waals surface area (Å²) in [4.78, 5) is 0.0429. The fourth-order valence-electron chi connectivity index (χ4n) is 3.62. The number of hydrogen-bond acceptors (Lipinski definition) is 4. The van der Waals surface area contributed by atoms with Gasteiger partial charge in [-0.3, -0.25) is 0 Å². The minimum absolute atomic E-state index is 0.00362. The second-order valence-electron chi connectivity index (χ2n) is 7.32. The summed E-state index contributed by atoms with van der Waals surface area (Å²) in [6.07, 6.45) is 1.43. The van der Waals surface area contributed by atoms with Gasteiger partial charge in [-0.1, -0.05) is 32.0 Å². The number of rotatable bonds is 9. The highest BCUT2D eigenvalue weighted by Gasteiger charge is 2.42. The zero-order valence-electron chi connectivity index (χ0n) is 17.3.